The third kappa shape index (κ3) is 4.75. The number of carbonyl (C=O) groups is 2. The largest absolute Gasteiger partial charge is 0.490 e. The molecule has 160 valence electrons. The van der Waals surface area contributed by atoms with Gasteiger partial charge in [0, 0.05) is 6.07 Å². The maximum absolute atomic E-state index is 13.2. The number of ether oxygens (including phenoxy) is 2. The Morgan fingerprint density at radius 1 is 1.29 bits per heavy atom. The molecule has 8 nitrogen and oxygen atoms in total. The molecule has 10 heteroatoms. The highest BCUT2D eigenvalue weighted by Gasteiger charge is 2.42. The number of methoxy groups -OCH3 is 1. The van der Waals surface area contributed by atoms with E-state index in [4.69, 9.17) is 21.7 Å². The summed E-state index contributed by atoms with van der Waals surface area (Å²) in [6.45, 7) is 1.84. The lowest BCUT2D eigenvalue weighted by Crippen LogP contribution is -2.38. The van der Waals surface area contributed by atoms with Crippen molar-refractivity contribution in [2.24, 2.45) is 0 Å². The fourth-order valence-electron chi connectivity index (χ4n) is 3.04. The molecule has 31 heavy (non-hydrogen) atoms. The monoisotopic (exact) mass is 458 g/mol. The van der Waals surface area contributed by atoms with Gasteiger partial charge in [-0.1, -0.05) is 60.4 Å². The number of rotatable bonds is 7. The van der Waals surface area contributed by atoms with E-state index in [0.29, 0.717) is 11.1 Å². The van der Waals surface area contributed by atoms with Gasteiger partial charge in [0.1, 0.15) is 4.32 Å². The molecule has 2 aromatic carbocycles. The van der Waals surface area contributed by atoms with Crippen LogP contribution in [-0.2, 0) is 14.3 Å². The number of nitro groups is 1. The molecule has 0 aromatic heterocycles. The van der Waals surface area contributed by atoms with Crippen molar-refractivity contribution < 1.29 is 24.0 Å². The smallest absolute Gasteiger partial charge is 0.333 e. The van der Waals surface area contributed by atoms with Crippen LogP contribution in [0.3, 0.4) is 0 Å². The number of nitro benzene ring substituents is 1. The minimum absolute atomic E-state index is 0.112. The number of hydrogen-bond acceptors (Lipinski definition) is 8. The number of hydrogen-bond donors (Lipinski definition) is 0. The van der Waals surface area contributed by atoms with Crippen LogP contribution in [0.25, 0.3) is 6.08 Å². The van der Waals surface area contributed by atoms with E-state index < -0.39 is 22.8 Å². The lowest BCUT2D eigenvalue weighted by molar-refractivity contribution is -0.385. The molecule has 1 fully saturated rings. The van der Waals surface area contributed by atoms with Crippen LogP contribution in [0.5, 0.6) is 5.75 Å². The first kappa shape index (κ1) is 22.4. The van der Waals surface area contributed by atoms with Gasteiger partial charge in [0.05, 0.1) is 23.5 Å². The second-order valence-corrected chi connectivity index (χ2v) is 7.98. The number of nitrogens with zero attached hydrogens (tertiary/aromatic N) is 2. The fraction of sp³-hybridized carbons (Fsp3) is 0.190. The molecule has 0 spiro atoms. The van der Waals surface area contributed by atoms with Crippen LogP contribution in [0.2, 0.25) is 0 Å². The molecule has 1 heterocycles. The summed E-state index contributed by atoms with van der Waals surface area (Å²) in [6.07, 6.45) is 1.50. The van der Waals surface area contributed by atoms with Crippen molar-refractivity contribution >= 4 is 51.9 Å². The van der Waals surface area contributed by atoms with Gasteiger partial charge in [-0.2, -0.15) is 0 Å². The van der Waals surface area contributed by atoms with Crippen molar-refractivity contribution in [1.82, 2.24) is 4.90 Å². The van der Waals surface area contributed by atoms with E-state index in [2.05, 4.69) is 0 Å². The quantitative estimate of drug-likeness (QED) is 0.201. The first-order chi connectivity index (χ1) is 14.9. The van der Waals surface area contributed by atoms with Gasteiger partial charge < -0.3 is 9.47 Å². The summed E-state index contributed by atoms with van der Waals surface area (Å²) in [5.74, 6) is -0.956. The third-order valence-corrected chi connectivity index (χ3v) is 5.73. The number of thioether (sulfide) groups is 1. The maximum Gasteiger partial charge on any atom is 0.333 e. The molecule has 0 aliphatic carbocycles. The van der Waals surface area contributed by atoms with E-state index in [1.54, 1.807) is 43.3 Å². The molecule has 3 rings (SSSR count). The Hall–Kier alpha value is -3.24. The van der Waals surface area contributed by atoms with E-state index in [1.165, 1.54) is 30.2 Å². The minimum atomic E-state index is -1.02. The maximum atomic E-state index is 13.2. The predicted octanol–water partition coefficient (Wildman–Crippen LogP) is 4.11. The number of benzene rings is 2. The lowest BCUT2D eigenvalue weighted by Gasteiger charge is -2.25. The number of carbonyl (C=O) groups excluding carboxylic acids is 2. The van der Waals surface area contributed by atoms with Crippen LogP contribution in [0.1, 0.15) is 24.1 Å². The zero-order valence-corrected chi connectivity index (χ0v) is 18.3. The molecule has 1 aliphatic heterocycles. The van der Waals surface area contributed by atoms with Gasteiger partial charge in [-0.05, 0) is 30.2 Å². The van der Waals surface area contributed by atoms with E-state index >= 15 is 0 Å². The van der Waals surface area contributed by atoms with Crippen LogP contribution in [0.15, 0.2) is 53.4 Å². The average molecular weight is 459 g/mol. The van der Waals surface area contributed by atoms with Crippen molar-refractivity contribution in [2.75, 3.05) is 13.7 Å². The van der Waals surface area contributed by atoms with Crippen molar-refractivity contribution in [3.63, 3.8) is 0 Å². The Labute approximate surface area is 188 Å². The standard InChI is InChI=1S/C21H18N2O6S2/c1-3-29-20(25)18(14-7-5-4-6-8-14)22-19(24)17(31-21(22)30)12-13-9-10-16(28-2)15(11-13)23(26)27/h4-12,18H,3H2,1-2H3/b17-12-. The van der Waals surface area contributed by atoms with Gasteiger partial charge in [0.2, 0.25) is 0 Å². The van der Waals surface area contributed by atoms with Crippen LogP contribution in [0.4, 0.5) is 5.69 Å². The molecule has 0 radical (unpaired) electrons. The van der Waals surface area contributed by atoms with Crippen molar-refractivity contribution in [3.05, 3.63) is 74.7 Å². The Morgan fingerprint density at radius 3 is 2.61 bits per heavy atom. The van der Waals surface area contributed by atoms with Crippen LogP contribution in [0, 0.1) is 10.1 Å². The summed E-state index contributed by atoms with van der Waals surface area (Å²) in [6, 6.07) is 12.1. The highest BCUT2D eigenvalue weighted by atomic mass is 32.2. The summed E-state index contributed by atoms with van der Waals surface area (Å²) in [5.41, 5.74) is 0.777. The zero-order valence-electron chi connectivity index (χ0n) is 16.6. The SMILES string of the molecule is CCOC(=O)C(c1ccccc1)N1C(=O)/C(=C/c2ccc(OC)c([N+](=O)[O-])c2)SC1=S. The first-order valence-electron chi connectivity index (χ1n) is 9.18. The number of thiocarbonyl (C=S) groups is 1. The molecule has 1 saturated heterocycles. The predicted molar refractivity (Wildman–Crippen MR) is 120 cm³/mol. The summed E-state index contributed by atoms with van der Waals surface area (Å²) in [4.78, 5) is 38.0. The summed E-state index contributed by atoms with van der Waals surface area (Å²) in [7, 11) is 1.34. The van der Waals surface area contributed by atoms with Gasteiger partial charge in [-0.15, -0.1) is 0 Å². The molecule has 0 bridgehead atoms. The first-order valence-corrected chi connectivity index (χ1v) is 10.4. The molecule has 0 saturated carbocycles. The lowest BCUT2D eigenvalue weighted by atomic mass is 10.1. The topological polar surface area (TPSA) is 99.0 Å². The summed E-state index contributed by atoms with van der Waals surface area (Å²) < 4.78 is 10.4. The fourth-order valence-corrected chi connectivity index (χ4v) is 4.35. The highest BCUT2D eigenvalue weighted by Crippen LogP contribution is 2.39. The Kier molecular flexibility index (Phi) is 7.03. The molecular formula is C21H18N2O6S2. The molecule has 1 unspecified atom stereocenters. The van der Waals surface area contributed by atoms with Crippen molar-refractivity contribution in [3.8, 4) is 5.75 Å². The molecular weight excluding hydrogens is 440 g/mol. The Morgan fingerprint density at radius 2 is 2.00 bits per heavy atom. The van der Waals surface area contributed by atoms with E-state index in [1.807, 2.05) is 0 Å². The van der Waals surface area contributed by atoms with Crippen LogP contribution in [-0.4, -0.2) is 39.7 Å². The minimum Gasteiger partial charge on any atom is -0.490 e. The van der Waals surface area contributed by atoms with Gasteiger partial charge in [-0.25, -0.2) is 4.79 Å². The third-order valence-electron chi connectivity index (χ3n) is 4.40. The van der Waals surface area contributed by atoms with E-state index in [9.17, 15) is 19.7 Å². The number of amides is 1. The Balaban J connectivity index is 1.98. The normalized spacial score (nSPS) is 15.8. The van der Waals surface area contributed by atoms with Crippen LogP contribution < -0.4 is 4.74 Å². The van der Waals surface area contributed by atoms with Gasteiger partial charge in [-0.3, -0.25) is 19.8 Å². The molecule has 1 atom stereocenters. The second kappa shape index (κ2) is 9.71. The number of esters is 1. The Bertz CT molecular complexity index is 1070. The summed E-state index contributed by atoms with van der Waals surface area (Å²) in [5, 5.41) is 11.3. The van der Waals surface area contributed by atoms with Gasteiger partial charge in [0.15, 0.2) is 11.8 Å². The van der Waals surface area contributed by atoms with Crippen LogP contribution >= 0.6 is 24.0 Å². The van der Waals surface area contributed by atoms with Crippen molar-refractivity contribution in [2.45, 2.75) is 13.0 Å². The zero-order chi connectivity index (χ0) is 22.5. The molecule has 1 amide bonds. The van der Waals surface area contributed by atoms with Gasteiger partial charge >= 0.3 is 11.7 Å². The van der Waals surface area contributed by atoms with Crippen molar-refractivity contribution in [1.29, 1.82) is 0 Å². The average Bonchev–Trinajstić information content (AvgIpc) is 3.02. The van der Waals surface area contributed by atoms with E-state index in [0.717, 1.165) is 11.8 Å². The van der Waals surface area contributed by atoms with Gasteiger partial charge in [0.25, 0.3) is 5.91 Å². The molecule has 1 aliphatic rings. The molecule has 2 aromatic rings. The second-order valence-electron chi connectivity index (χ2n) is 6.31. The van der Waals surface area contributed by atoms with E-state index in [-0.39, 0.29) is 27.3 Å². The molecule has 0 N–H and O–H groups in total. The summed E-state index contributed by atoms with van der Waals surface area (Å²) >= 11 is 6.41. The highest BCUT2D eigenvalue weighted by molar-refractivity contribution is 8.26.